The Bertz CT molecular complexity index is 1320. The van der Waals surface area contributed by atoms with Crippen molar-refractivity contribution < 1.29 is 18.0 Å². The van der Waals surface area contributed by atoms with Gasteiger partial charge in [-0.3, -0.25) is 14.8 Å². The lowest BCUT2D eigenvalue weighted by Crippen LogP contribution is -2.08. The van der Waals surface area contributed by atoms with Crippen LogP contribution in [-0.2, 0) is 11.0 Å². The van der Waals surface area contributed by atoms with Gasteiger partial charge in [0.2, 0.25) is 5.91 Å². The smallest absolute Gasteiger partial charge is 0.322 e. The monoisotopic (exact) mass is 445 g/mol. The molecule has 2 heterocycles. The molecule has 7 heteroatoms. The highest BCUT2D eigenvalue weighted by Gasteiger charge is 2.30. The second-order valence-electron chi connectivity index (χ2n) is 7.14. The Balaban J connectivity index is 1.59. The molecule has 164 valence electrons. The molecule has 0 aliphatic rings. The largest absolute Gasteiger partial charge is 0.416 e. The molecule has 0 radical (unpaired) electrons. The van der Waals surface area contributed by atoms with Crippen LogP contribution in [0, 0.1) is 0 Å². The van der Waals surface area contributed by atoms with Gasteiger partial charge < -0.3 is 5.32 Å². The number of anilines is 1. The number of fused-ring (bicyclic) bond motifs is 1. The predicted octanol–water partition coefficient (Wildman–Crippen LogP) is 6.28. The molecule has 4 rings (SSSR count). The molecule has 0 aliphatic carbocycles. The van der Waals surface area contributed by atoms with Crippen LogP contribution in [0.4, 0.5) is 18.9 Å². The molecule has 0 saturated heterocycles. The number of allylic oxidation sites excluding steroid dienone is 2. The summed E-state index contributed by atoms with van der Waals surface area (Å²) in [4.78, 5) is 20.6. The summed E-state index contributed by atoms with van der Waals surface area (Å²) in [6.07, 6.45) is 6.77. The molecule has 0 unspecified atom stereocenters. The summed E-state index contributed by atoms with van der Waals surface area (Å²) in [5.74, 6) is -0.336. The third-order valence-electron chi connectivity index (χ3n) is 4.96. The Kier molecular flexibility index (Phi) is 6.31. The Hall–Kier alpha value is -4.26. The van der Waals surface area contributed by atoms with Crippen LogP contribution >= 0.6 is 0 Å². The van der Waals surface area contributed by atoms with Crippen molar-refractivity contribution in [2.75, 3.05) is 5.32 Å². The fraction of sp³-hybridized carbons (Fsp3) is 0.0385. The minimum atomic E-state index is -4.41. The first-order valence-electron chi connectivity index (χ1n) is 10.0. The molecule has 0 fully saturated rings. The topological polar surface area (TPSA) is 54.9 Å². The van der Waals surface area contributed by atoms with Crippen molar-refractivity contribution in [3.8, 4) is 0 Å². The first-order chi connectivity index (χ1) is 15.9. The number of carbonyl (C=O) groups is 1. The highest BCUT2D eigenvalue weighted by molar-refractivity contribution is 6.06. The van der Waals surface area contributed by atoms with Gasteiger partial charge in [0, 0.05) is 47.3 Å². The molecule has 0 atom stereocenters. The van der Waals surface area contributed by atoms with Crippen LogP contribution in [0.15, 0.2) is 104 Å². The molecular formula is C26H18F3N3O. The van der Waals surface area contributed by atoms with Gasteiger partial charge in [0.25, 0.3) is 0 Å². The zero-order valence-electron chi connectivity index (χ0n) is 17.3. The van der Waals surface area contributed by atoms with E-state index in [2.05, 4.69) is 15.3 Å². The van der Waals surface area contributed by atoms with E-state index in [1.54, 1.807) is 55.1 Å². The van der Waals surface area contributed by atoms with Crippen molar-refractivity contribution in [2.24, 2.45) is 0 Å². The molecule has 33 heavy (non-hydrogen) atoms. The molecule has 0 aliphatic heterocycles. The maximum Gasteiger partial charge on any atom is 0.416 e. The molecule has 2 aromatic carbocycles. The first-order valence-corrected chi connectivity index (χ1v) is 10.0. The van der Waals surface area contributed by atoms with Gasteiger partial charge in [-0.1, -0.05) is 36.4 Å². The number of hydrogen-bond donors (Lipinski definition) is 1. The average molecular weight is 445 g/mol. The van der Waals surface area contributed by atoms with Gasteiger partial charge in [-0.15, -0.1) is 0 Å². The van der Waals surface area contributed by atoms with Crippen LogP contribution in [-0.4, -0.2) is 15.9 Å². The van der Waals surface area contributed by atoms with E-state index in [9.17, 15) is 18.0 Å². The summed E-state index contributed by atoms with van der Waals surface area (Å²) < 4.78 is 38.8. The zero-order chi connectivity index (χ0) is 23.3. The summed E-state index contributed by atoms with van der Waals surface area (Å²) >= 11 is 0. The van der Waals surface area contributed by atoms with Crippen LogP contribution in [0.2, 0.25) is 0 Å². The Morgan fingerprint density at radius 2 is 1.55 bits per heavy atom. The summed E-state index contributed by atoms with van der Waals surface area (Å²) in [6.45, 7) is 0. The zero-order valence-corrected chi connectivity index (χ0v) is 17.3. The molecule has 4 aromatic rings. The van der Waals surface area contributed by atoms with Gasteiger partial charge >= 0.3 is 6.18 Å². The van der Waals surface area contributed by atoms with E-state index in [0.717, 1.165) is 28.5 Å². The standard InChI is InChI=1S/C26H18F3N3O/c27-26(28,29)21-9-7-18(8-10-21)22(19-11-14-30-15-12-19)4-2-6-25(33)32-24-5-1-3-20-17-31-16-13-23(20)24/h1-17H,(H,32,33)/b6-2+,22-4+. The van der Waals surface area contributed by atoms with E-state index in [1.807, 2.05) is 18.2 Å². The number of aromatic nitrogens is 2. The van der Waals surface area contributed by atoms with Gasteiger partial charge in [-0.05, 0) is 53.1 Å². The lowest BCUT2D eigenvalue weighted by atomic mass is 9.97. The number of alkyl halides is 3. The summed E-state index contributed by atoms with van der Waals surface area (Å²) in [6, 6.07) is 15.8. The van der Waals surface area contributed by atoms with Crippen molar-refractivity contribution in [2.45, 2.75) is 6.18 Å². The lowest BCUT2D eigenvalue weighted by Gasteiger charge is -2.10. The quantitative estimate of drug-likeness (QED) is 0.291. The highest BCUT2D eigenvalue weighted by atomic mass is 19.4. The van der Waals surface area contributed by atoms with E-state index in [4.69, 9.17) is 0 Å². The molecule has 0 bridgehead atoms. The van der Waals surface area contributed by atoms with Crippen molar-refractivity contribution in [3.05, 3.63) is 120 Å². The fourth-order valence-corrected chi connectivity index (χ4v) is 3.37. The fourth-order valence-electron chi connectivity index (χ4n) is 3.37. The van der Waals surface area contributed by atoms with Gasteiger partial charge in [0.1, 0.15) is 0 Å². The molecule has 1 N–H and O–H groups in total. The molecule has 2 aromatic heterocycles. The van der Waals surface area contributed by atoms with Crippen molar-refractivity contribution in [1.82, 2.24) is 9.97 Å². The normalized spacial score (nSPS) is 12.3. The van der Waals surface area contributed by atoms with E-state index >= 15 is 0 Å². The lowest BCUT2D eigenvalue weighted by molar-refractivity contribution is -0.137. The maximum atomic E-state index is 12.9. The van der Waals surface area contributed by atoms with Crippen LogP contribution in [0.1, 0.15) is 16.7 Å². The van der Waals surface area contributed by atoms with E-state index in [1.165, 1.54) is 18.2 Å². The number of amides is 1. The number of benzene rings is 2. The number of pyridine rings is 2. The predicted molar refractivity (Wildman–Crippen MR) is 122 cm³/mol. The minimum Gasteiger partial charge on any atom is -0.322 e. The van der Waals surface area contributed by atoms with Crippen LogP contribution in [0.5, 0.6) is 0 Å². The Labute approximate surface area is 188 Å². The van der Waals surface area contributed by atoms with Gasteiger partial charge in [0.15, 0.2) is 0 Å². The Morgan fingerprint density at radius 3 is 2.27 bits per heavy atom. The summed E-state index contributed by atoms with van der Waals surface area (Å²) in [7, 11) is 0. The molecule has 4 nitrogen and oxygen atoms in total. The van der Waals surface area contributed by atoms with Crippen LogP contribution < -0.4 is 5.32 Å². The summed E-state index contributed by atoms with van der Waals surface area (Å²) in [5.41, 5.74) is 1.94. The summed E-state index contributed by atoms with van der Waals surface area (Å²) in [5, 5.41) is 4.62. The SMILES string of the molecule is O=C(/C=C/C=C(/c1ccncc1)c1ccc(C(F)(F)F)cc1)Nc1cccc2cnccc12. The molecular weight excluding hydrogens is 427 g/mol. The van der Waals surface area contributed by atoms with E-state index < -0.39 is 11.7 Å². The van der Waals surface area contributed by atoms with Crippen molar-refractivity contribution in [3.63, 3.8) is 0 Å². The number of nitrogens with one attached hydrogen (secondary N) is 1. The Morgan fingerprint density at radius 1 is 0.848 bits per heavy atom. The van der Waals surface area contributed by atoms with E-state index in [0.29, 0.717) is 16.8 Å². The second-order valence-corrected chi connectivity index (χ2v) is 7.14. The van der Waals surface area contributed by atoms with Gasteiger partial charge in [-0.25, -0.2) is 0 Å². The number of hydrogen-bond acceptors (Lipinski definition) is 3. The minimum absolute atomic E-state index is 0.336. The molecule has 1 amide bonds. The number of rotatable bonds is 5. The third kappa shape index (κ3) is 5.33. The van der Waals surface area contributed by atoms with Gasteiger partial charge in [0.05, 0.1) is 5.56 Å². The third-order valence-corrected chi connectivity index (χ3v) is 4.96. The number of halogens is 3. The van der Waals surface area contributed by atoms with Crippen LogP contribution in [0.25, 0.3) is 16.3 Å². The first kappa shape index (κ1) is 22.0. The second kappa shape index (κ2) is 9.48. The van der Waals surface area contributed by atoms with Crippen molar-refractivity contribution in [1.29, 1.82) is 0 Å². The van der Waals surface area contributed by atoms with E-state index in [-0.39, 0.29) is 5.91 Å². The van der Waals surface area contributed by atoms with Crippen molar-refractivity contribution >= 4 is 27.9 Å². The van der Waals surface area contributed by atoms with Gasteiger partial charge in [-0.2, -0.15) is 13.2 Å². The molecule has 0 spiro atoms. The number of carbonyl (C=O) groups excluding carboxylic acids is 1. The highest BCUT2D eigenvalue weighted by Crippen LogP contribution is 2.31. The maximum absolute atomic E-state index is 12.9. The number of nitrogens with zero attached hydrogens (tertiary/aromatic N) is 2. The average Bonchev–Trinajstić information content (AvgIpc) is 2.82. The van der Waals surface area contributed by atoms with Crippen LogP contribution in [0.3, 0.4) is 0 Å². The molecule has 0 saturated carbocycles.